The number of benzene rings is 1. The molecular formula is C13H7BrO2S. The van der Waals surface area contributed by atoms with E-state index in [0.29, 0.717) is 11.3 Å². The molecule has 2 heterocycles. The van der Waals surface area contributed by atoms with Gasteiger partial charge in [0, 0.05) is 16.3 Å². The van der Waals surface area contributed by atoms with Gasteiger partial charge in [-0.2, -0.15) is 0 Å². The van der Waals surface area contributed by atoms with Gasteiger partial charge in [0.05, 0.1) is 3.79 Å². The molecule has 0 bridgehead atoms. The second kappa shape index (κ2) is 4.13. The topological polar surface area (TPSA) is 30.2 Å². The van der Waals surface area contributed by atoms with Crippen LogP contribution < -0.4 is 0 Å². The minimum Gasteiger partial charge on any atom is -0.453 e. The molecule has 1 aromatic carbocycles. The Bertz CT molecular complexity index is 663. The average Bonchev–Trinajstić information content (AvgIpc) is 2.93. The lowest BCUT2D eigenvalue weighted by molar-refractivity contribution is 0.101. The molecule has 0 spiro atoms. The SMILES string of the molecule is O=C(c1csc(Br)c1)c1cc2ccccc2o1. The van der Waals surface area contributed by atoms with Crippen LogP contribution in [0.4, 0.5) is 0 Å². The summed E-state index contributed by atoms with van der Waals surface area (Å²) in [5.41, 5.74) is 1.39. The summed E-state index contributed by atoms with van der Waals surface area (Å²) in [5.74, 6) is 0.305. The molecular weight excluding hydrogens is 300 g/mol. The first-order chi connectivity index (χ1) is 8.24. The first-order valence-electron chi connectivity index (χ1n) is 5.01. The van der Waals surface area contributed by atoms with E-state index in [1.165, 1.54) is 11.3 Å². The predicted octanol–water partition coefficient (Wildman–Crippen LogP) is 4.49. The van der Waals surface area contributed by atoms with E-state index in [4.69, 9.17) is 4.42 Å². The highest BCUT2D eigenvalue weighted by Gasteiger charge is 2.15. The monoisotopic (exact) mass is 306 g/mol. The minimum atomic E-state index is -0.0804. The summed E-state index contributed by atoms with van der Waals surface area (Å²) in [6.45, 7) is 0. The molecule has 0 amide bonds. The molecule has 17 heavy (non-hydrogen) atoms. The minimum absolute atomic E-state index is 0.0804. The molecule has 0 N–H and O–H groups in total. The number of carbonyl (C=O) groups is 1. The molecule has 0 aliphatic carbocycles. The molecule has 0 aliphatic heterocycles. The van der Waals surface area contributed by atoms with E-state index >= 15 is 0 Å². The Kier molecular flexibility index (Phi) is 2.61. The number of furan rings is 1. The Morgan fingerprint density at radius 2 is 2.06 bits per heavy atom. The third-order valence-electron chi connectivity index (χ3n) is 2.48. The standard InChI is InChI=1S/C13H7BrO2S/c14-12-6-9(7-17-12)13(15)11-5-8-3-1-2-4-10(8)16-11/h1-7H. The number of rotatable bonds is 2. The molecule has 4 heteroatoms. The molecule has 0 aliphatic rings. The van der Waals surface area contributed by atoms with Gasteiger partial charge in [-0.1, -0.05) is 18.2 Å². The normalized spacial score (nSPS) is 10.9. The Morgan fingerprint density at radius 1 is 1.24 bits per heavy atom. The fourth-order valence-corrected chi connectivity index (χ4v) is 2.80. The first-order valence-corrected chi connectivity index (χ1v) is 6.68. The third-order valence-corrected chi connectivity index (χ3v) is 3.98. The van der Waals surface area contributed by atoms with Crippen molar-refractivity contribution in [3.8, 4) is 0 Å². The quantitative estimate of drug-likeness (QED) is 0.653. The zero-order valence-electron chi connectivity index (χ0n) is 8.64. The maximum atomic E-state index is 12.1. The van der Waals surface area contributed by atoms with E-state index in [2.05, 4.69) is 15.9 Å². The Hall–Kier alpha value is -1.39. The molecule has 84 valence electrons. The molecule has 0 unspecified atom stereocenters. The summed E-state index contributed by atoms with van der Waals surface area (Å²) >= 11 is 4.83. The van der Waals surface area contributed by atoms with Crippen molar-refractivity contribution >= 4 is 44.0 Å². The number of thiophene rings is 1. The molecule has 2 nitrogen and oxygen atoms in total. The van der Waals surface area contributed by atoms with Crippen LogP contribution in [0.5, 0.6) is 0 Å². The smallest absolute Gasteiger partial charge is 0.229 e. The van der Waals surface area contributed by atoms with Crippen LogP contribution >= 0.6 is 27.3 Å². The van der Waals surface area contributed by atoms with Gasteiger partial charge in [-0.25, -0.2) is 0 Å². The van der Waals surface area contributed by atoms with Crippen LogP contribution in [-0.2, 0) is 0 Å². The summed E-state index contributed by atoms with van der Waals surface area (Å²) < 4.78 is 6.47. The highest BCUT2D eigenvalue weighted by Crippen LogP contribution is 2.25. The molecule has 0 atom stereocenters. The first kappa shape index (κ1) is 10.7. The van der Waals surface area contributed by atoms with Crippen molar-refractivity contribution in [2.24, 2.45) is 0 Å². The molecule has 3 aromatic rings. The number of ketones is 1. The fraction of sp³-hybridized carbons (Fsp3) is 0. The summed E-state index contributed by atoms with van der Waals surface area (Å²) in [5, 5.41) is 2.77. The summed E-state index contributed by atoms with van der Waals surface area (Å²) in [6.07, 6.45) is 0. The lowest BCUT2D eigenvalue weighted by atomic mass is 10.1. The Balaban J connectivity index is 2.06. The number of fused-ring (bicyclic) bond motifs is 1. The van der Waals surface area contributed by atoms with Crippen LogP contribution in [0.3, 0.4) is 0 Å². The predicted molar refractivity (Wildman–Crippen MR) is 71.7 cm³/mol. The van der Waals surface area contributed by atoms with Crippen LogP contribution in [0.25, 0.3) is 11.0 Å². The maximum Gasteiger partial charge on any atom is 0.229 e. The van der Waals surface area contributed by atoms with E-state index in [-0.39, 0.29) is 5.78 Å². The molecule has 3 rings (SSSR count). The van der Waals surface area contributed by atoms with Crippen molar-refractivity contribution in [2.45, 2.75) is 0 Å². The highest BCUT2D eigenvalue weighted by atomic mass is 79.9. The zero-order chi connectivity index (χ0) is 11.8. The van der Waals surface area contributed by atoms with Crippen LogP contribution in [0.2, 0.25) is 0 Å². The van der Waals surface area contributed by atoms with E-state index < -0.39 is 0 Å². The van der Waals surface area contributed by atoms with E-state index in [9.17, 15) is 4.79 Å². The molecule has 0 saturated heterocycles. The number of para-hydroxylation sites is 1. The van der Waals surface area contributed by atoms with Crippen LogP contribution in [0.15, 0.2) is 50.0 Å². The fourth-order valence-electron chi connectivity index (χ4n) is 1.67. The van der Waals surface area contributed by atoms with Crippen molar-refractivity contribution < 1.29 is 9.21 Å². The summed E-state index contributed by atoms with van der Waals surface area (Å²) in [7, 11) is 0. The van der Waals surface area contributed by atoms with Crippen LogP contribution in [-0.4, -0.2) is 5.78 Å². The number of carbonyl (C=O) groups excluding carboxylic acids is 1. The highest BCUT2D eigenvalue weighted by molar-refractivity contribution is 9.11. The molecule has 2 aromatic heterocycles. The van der Waals surface area contributed by atoms with Gasteiger partial charge in [-0.05, 0) is 34.1 Å². The summed E-state index contributed by atoms with van der Waals surface area (Å²) in [6, 6.07) is 11.2. The van der Waals surface area contributed by atoms with Gasteiger partial charge in [-0.3, -0.25) is 4.79 Å². The largest absolute Gasteiger partial charge is 0.453 e. The van der Waals surface area contributed by atoms with Crippen molar-refractivity contribution in [3.63, 3.8) is 0 Å². The molecule has 0 fully saturated rings. The maximum absolute atomic E-state index is 12.1. The van der Waals surface area contributed by atoms with E-state index in [1.807, 2.05) is 29.6 Å². The number of halogens is 1. The van der Waals surface area contributed by atoms with Crippen LogP contribution in [0, 0.1) is 0 Å². The van der Waals surface area contributed by atoms with Gasteiger partial charge in [0.25, 0.3) is 0 Å². The van der Waals surface area contributed by atoms with Gasteiger partial charge in [-0.15, -0.1) is 11.3 Å². The summed E-state index contributed by atoms with van der Waals surface area (Å²) in [4.78, 5) is 12.1. The van der Waals surface area contributed by atoms with E-state index in [0.717, 1.165) is 14.8 Å². The average molecular weight is 307 g/mol. The van der Waals surface area contributed by atoms with Crippen LogP contribution in [0.1, 0.15) is 16.1 Å². The zero-order valence-corrected chi connectivity index (χ0v) is 11.0. The van der Waals surface area contributed by atoms with Gasteiger partial charge in [0.2, 0.25) is 5.78 Å². The Labute approximate surface area is 110 Å². The van der Waals surface area contributed by atoms with Gasteiger partial charge in [0.1, 0.15) is 5.58 Å². The second-order valence-corrected chi connectivity index (χ2v) is 5.91. The van der Waals surface area contributed by atoms with E-state index in [1.54, 1.807) is 12.1 Å². The van der Waals surface area contributed by atoms with Gasteiger partial charge in [0.15, 0.2) is 5.76 Å². The lowest BCUT2D eigenvalue weighted by Crippen LogP contribution is -1.96. The third kappa shape index (κ3) is 1.94. The van der Waals surface area contributed by atoms with Crippen molar-refractivity contribution in [3.05, 3.63) is 56.9 Å². The van der Waals surface area contributed by atoms with Crippen molar-refractivity contribution in [1.82, 2.24) is 0 Å². The number of hydrogen-bond acceptors (Lipinski definition) is 3. The van der Waals surface area contributed by atoms with Crippen molar-refractivity contribution in [2.75, 3.05) is 0 Å². The molecule has 0 saturated carbocycles. The number of hydrogen-bond donors (Lipinski definition) is 0. The lowest BCUT2D eigenvalue weighted by Gasteiger charge is -1.90. The van der Waals surface area contributed by atoms with Gasteiger partial charge < -0.3 is 4.42 Å². The molecule has 0 radical (unpaired) electrons. The Morgan fingerprint density at radius 3 is 2.76 bits per heavy atom. The second-order valence-electron chi connectivity index (χ2n) is 3.62. The van der Waals surface area contributed by atoms with Gasteiger partial charge >= 0.3 is 0 Å². The van der Waals surface area contributed by atoms with Crippen molar-refractivity contribution in [1.29, 1.82) is 0 Å².